The van der Waals surface area contributed by atoms with Gasteiger partial charge < -0.3 is 9.64 Å². The Morgan fingerprint density at radius 3 is 2.57 bits per heavy atom. The van der Waals surface area contributed by atoms with Gasteiger partial charge in [0.2, 0.25) is 5.78 Å². The molecule has 0 bridgehead atoms. The maximum Gasteiger partial charge on any atom is 0.318 e. The molecule has 78 valence electrons. The molecule has 0 saturated carbocycles. The Morgan fingerprint density at radius 1 is 1.50 bits per heavy atom. The molecular weight excluding hydrogens is 186 g/mol. The van der Waals surface area contributed by atoms with Crippen LogP contribution >= 0.6 is 0 Å². The Balaban J connectivity index is 2.70. The van der Waals surface area contributed by atoms with Crippen LogP contribution in [0.1, 0.15) is 13.8 Å². The third-order valence-electron chi connectivity index (χ3n) is 2.17. The minimum absolute atomic E-state index is 0.160. The maximum absolute atomic E-state index is 11.3. The highest BCUT2D eigenvalue weighted by Crippen LogP contribution is 2.15. The van der Waals surface area contributed by atoms with Crippen molar-refractivity contribution < 1.29 is 19.1 Å². The second kappa shape index (κ2) is 4.21. The fraction of sp³-hybridized carbons (Fsp3) is 0.667. The summed E-state index contributed by atoms with van der Waals surface area (Å²) in [5.41, 5.74) is 0. The molecule has 5 nitrogen and oxygen atoms in total. The van der Waals surface area contributed by atoms with Gasteiger partial charge in [-0.05, 0) is 13.8 Å². The maximum atomic E-state index is 11.3. The van der Waals surface area contributed by atoms with E-state index in [-0.39, 0.29) is 13.2 Å². The molecule has 0 aromatic heterocycles. The van der Waals surface area contributed by atoms with E-state index in [1.807, 2.05) is 0 Å². The molecule has 14 heavy (non-hydrogen) atoms. The Hall–Kier alpha value is -1.39. The van der Waals surface area contributed by atoms with Gasteiger partial charge in [-0.25, -0.2) is 0 Å². The third kappa shape index (κ3) is 1.76. The van der Waals surface area contributed by atoms with E-state index in [1.54, 1.807) is 13.8 Å². The van der Waals surface area contributed by atoms with Crippen molar-refractivity contribution in [2.24, 2.45) is 5.92 Å². The average molecular weight is 199 g/mol. The van der Waals surface area contributed by atoms with Gasteiger partial charge in [-0.1, -0.05) is 0 Å². The molecule has 0 aromatic carbocycles. The first-order valence-electron chi connectivity index (χ1n) is 4.61. The van der Waals surface area contributed by atoms with Crippen LogP contribution in [0.4, 0.5) is 0 Å². The number of hydrogen-bond acceptors (Lipinski definition) is 4. The lowest BCUT2D eigenvalue weighted by Gasteiger charge is -2.11. The highest BCUT2D eigenvalue weighted by molar-refractivity contribution is 6.42. The summed E-state index contributed by atoms with van der Waals surface area (Å²) in [7, 11) is 0. The zero-order valence-electron chi connectivity index (χ0n) is 8.28. The first kappa shape index (κ1) is 10.7. The van der Waals surface area contributed by atoms with Crippen LogP contribution < -0.4 is 0 Å². The highest BCUT2D eigenvalue weighted by atomic mass is 16.5. The number of ether oxygens (including phenoxy) is 1. The fourth-order valence-electron chi connectivity index (χ4n) is 1.39. The first-order chi connectivity index (χ1) is 6.61. The third-order valence-corrected chi connectivity index (χ3v) is 2.17. The number of carbonyl (C=O) groups is 3. The predicted molar refractivity (Wildman–Crippen MR) is 47.4 cm³/mol. The number of ketones is 1. The number of carbonyl (C=O) groups excluding carboxylic acids is 3. The van der Waals surface area contributed by atoms with Gasteiger partial charge in [-0.2, -0.15) is 0 Å². The van der Waals surface area contributed by atoms with Crippen molar-refractivity contribution in [2.75, 3.05) is 19.7 Å². The molecule has 1 rings (SSSR count). The molecule has 5 heteroatoms. The Kier molecular flexibility index (Phi) is 3.22. The van der Waals surface area contributed by atoms with Crippen LogP contribution in [0.3, 0.4) is 0 Å². The van der Waals surface area contributed by atoms with Crippen LogP contribution in [0.25, 0.3) is 0 Å². The molecule has 1 aliphatic heterocycles. The fourth-order valence-corrected chi connectivity index (χ4v) is 1.39. The molecule has 0 aliphatic carbocycles. The summed E-state index contributed by atoms with van der Waals surface area (Å²) in [6, 6.07) is 0. The Morgan fingerprint density at radius 2 is 2.14 bits per heavy atom. The van der Waals surface area contributed by atoms with Crippen LogP contribution in [0.2, 0.25) is 0 Å². The quantitative estimate of drug-likeness (QED) is 0.352. The number of amides is 1. The van der Waals surface area contributed by atoms with Gasteiger partial charge in [-0.15, -0.1) is 0 Å². The Bertz CT molecular complexity index is 274. The lowest BCUT2D eigenvalue weighted by Crippen LogP contribution is -2.26. The van der Waals surface area contributed by atoms with E-state index >= 15 is 0 Å². The van der Waals surface area contributed by atoms with Crippen LogP contribution in [-0.4, -0.2) is 42.3 Å². The van der Waals surface area contributed by atoms with Crippen LogP contribution in [0, 0.1) is 5.92 Å². The van der Waals surface area contributed by atoms with Gasteiger partial charge in [0.05, 0.1) is 6.61 Å². The van der Waals surface area contributed by atoms with E-state index in [2.05, 4.69) is 0 Å². The largest absolute Gasteiger partial charge is 0.465 e. The monoisotopic (exact) mass is 199 g/mol. The van der Waals surface area contributed by atoms with E-state index < -0.39 is 23.6 Å². The highest BCUT2D eigenvalue weighted by Gasteiger charge is 2.43. The number of Topliss-reactive ketones (excluding diaryl/α,β-unsaturated/α-hetero) is 1. The van der Waals surface area contributed by atoms with Crippen molar-refractivity contribution in [3.63, 3.8) is 0 Å². The summed E-state index contributed by atoms with van der Waals surface area (Å²) in [5, 5.41) is 0. The van der Waals surface area contributed by atoms with Gasteiger partial charge in [0.15, 0.2) is 0 Å². The summed E-state index contributed by atoms with van der Waals surface area (Å²) in [5.74, 6) is -2.74. The summed E-state index contributed by atoms with van der Waals surface area (Å²) in [6.45, 7) is 4.26. The first-order valence-corrected chi connectivity index (χ1v) is 4.61. The van der Waals surface area contributed by atoms with E-state index in [0.717, 1.165) is 0 Å². The number of hydrogen-bond donors (Lipinski definition) is 0. The van der Waals surface area contributed by atoms with Crippen LogP contribution in [0.15, 0.2) is 0 Å². The SMILES string of the molecule is CCOC(=O)[C@@H]1CN(CC)C(=O)C1=O. The molecule has 0 aromatic rings. The number of likely N-dealkylation sites (tertiary alicyclic amines) is 1. The summed E-state index contributed by atoms with van der Waals surface area (Å²) in [4.78, 5) is 35.1. The van der Waals surface area contributed by atoms with Gasteiger partial charge in [0.1, 0.15) is 5.92 Å². The smallest absolute Gasteiger partial charge is 0.318 e. The van der Waals surface area contributed by atoms with Gasteiger partial charge in [0, 0.05) is 13.1 Å². The number of nitrogens with zero attached hydrogens (tertiary/aromatic N) is 1. The van der Waals surface area contributed by atoms with E-state index in [9.17, 15) is 14.4 Å². The summed E-state index contributed by atoms with van der Waals surface area (Å²) >= 11 is 0. The minimum atomic E-state index is -0.914. The van der Waals surface area contributed by atoms with Crippen molar-refractivity contribution in [1.29, 1.82) is 0 Å². The average Bonchev–Trinajstić information content (AvgIpc) is 2.44. The molecule has 0 N–H and O–H groups in total. The molecule has 1 amide bonds. The number of rotatable bonds is 3. The predicted octanol–water partition coefficient (Wildman–Crippen LogP) is -0.403. The molecule has 1 heterocycles. The van der Waals surface area contributed by atoms with Crippen LogP contribution in [0.5, 0.6) is 0 Å². The molecule has 1 aliphatic rings. The molecular formula is C9H13NO4. The second-order valence-corrected chi connectivity index (χ2v) is 3.01. The topological polar surface area (TPSA) is 63.7 Å². The zero-order valence-corrected chi connectivity index (χ0v) is 8.28. The van der Waals surface area contributed by atoms with Gasteiger partial charge in [0.25, 0.3) is 5.91 Å². The zero-order chi connectivity index (χ0) is 10.7. The lowest BCUT2D eigenvalue weighted by atomic mass is 10.1. The van der Waals surface area contributed by atoms with Crippen molar-refractivity contribution in [2.45, 2.75) is 13.8 Å². The second-order valence-electron chi connectivity index (χ2n) is 3.01. The minimum Gasteiger partial charge on any atom is -0.465 e. The molecule has 0 unspecified atom stereocenters. The van der Waals surface area contributed by atoms with Crippen molar-refractivity contribution in [1.82, 2.24) is 4.90 Å². The lowest BCUT2D eigenvalue weighted by molar-refractivity contribution is -0.151. The van der Waals surface area contributed by atoms with Gasteiger partial charge in [-0.3, -0.25) is 14.4 Å². The van der Waals surface area contributed by atoms with Crippen LogP contribution in [-0.2, 0) is 19.1 Å². The molecule has 0 spiro atoms. The normalized spacial score (nSPS) is 21.6. The molecule has 1 atom stereocenters. The van der Waals surface area contributed by atoms with Crippen molar-refractivity contribution >= 4 is 17.7 Å². The summed E-state index contributed by atoms with van der Waals surface area (Å²) < 4.78 is 4.70. The van der Waals surface area contributed by atoms with Gasteiger partial charge >= 0.3 is 5.97 Å². The molecule has 1 fully saturated rings. The summed E-state index contributed by atoms with van der Waals surface area (Å²) in [6.07, 6.45) is 0. The van der Waals surface area contributed by atoms with E-state index in [1.165, 1.54) is 4.90 Å². The van der Waals surface area contributed by atoms with E-state index in [0.29, 0.717) is 6.54 Å². The number of likely N-dealkylation sites (N-methyl/N-ethyl adjacent to an activating group) is 1. The number of esters is 1. The van der Waals surface area contributed by atoms with Crippen molar-refractivity contribution in [3.8, 4) is 0 Å². The van der Waals surface area contributed by atoms with E-state index in [4.69, 9.17) is 4.74 Å². The molecule has 1 saturated heterocycles. The van der Waals surface area contributed by atoms with Crippen molar-refractivity contribution in [3.05, 3.63) is 0 Å². The molecule has 0 radical (unpaired) electrons. The standard InChI is InChI=1S/C9H13NO4/c1-3-10-5-6(7(11)8(10)12)9(13)14-4-2/h6H,3-5H2,1-2H3/t6-/m1/s1. The Labute approximate surface area is 82.0 Å².